The predicted octanol–water partition coefficient (Wildman–Crippen LogP) is 3.14. The number of hydrogen-bond acceptors (Lipinski definition) is 2. The Morgan fingerprint density at radius 3 is 2.60 bits per heavy atom. The van der Waals surface area contributed by atoms with Crippen molar-refractivity contribution in [3.8, 4) is 0 Å². The lowest BCUT2D eigenvalue weighted by molar-refractivity contribution is -0.117. The van der Waals surface area contributed by atoms with E-state index < -0.39 is 11.6 Å². The SMILES string of the molecule is CCC(=O)CC(=O)c1ccc(Br)cc1F. The maximum atomic E-state index is 13.3. The lowest BCUT2D eigenvalue weighted by Gasteiger charge is -2.01. The Balaban J connectivity index is 2.87. The number of halogens is 2. The second-order valence-electron chi connectivity index (χ2n) is 3.12. The molecule has 4 heteroatoms. The topological polar surface area (TPSA) is 34.1 Å². The molecule has 0 heterocycles. The quantitative estimate of drug-likeness (QED) is 0.623. The van der Waals surface area contributed by atoms with Crippen molar-refractivity contribution in [2.24, 2.45) is 0 Å². The zero-order valence-corrected chi connectivity index (χ0v) is 9.80. The van der Waals surface area contributed by atoms with Gasteiger partial charge in [0.1, 0.15) is 11.6 Å². The fraction of sp³-hybridized carbons (Fsp3) is 0.273. The van der Waals surface area contributed by atoms with E-state index in [9.17, 15) is 14.0 Å². The molecule has 0 saturated heterocycles. The minimum Gasteiger partial charge on any atom is -0.299 e. The maximum Gasteiger partial charge on any atom is 0.173 e. The number of rotatable bonds is 4. The van der Waals surface area contributed by atoms with Gasteiger partial charge in [-0.3, -0.25) is 9.59 Å². The monoisotopic (exact) mass is 272 g/mol. The van der Waals surface area contributed by atoms with Crippen molar-refractivity contribution in [3.05, 3.63) is 34.1 Å². The fourth-order valence-electron chi connectivity index (χ4n) is 1.11. The summed E-state index contributed by atoms with van der Waals surface area (Å²) in [7, 11) is 0. The molecule has 0 atom stereocenters. The van der Waals surface area contributed by atoms with Crippen LogP contribution in [0, 0.1) is 5.82 Å². The molecule has 0 unspecified atom stereocenters. The largest absolute Gasteiger partial charge is 0.299 e. The zero-order valence-electron chi connectivity index (χ0n) is 8.22. The highest BCUT2D eigenvalue weighted by molar-refractivity contribution is 9.10. The maximum absolute atomic E-state index is 13.3. The molecular formula is C11H10BrFO2. The summed E-state index contributed by atoms with van der Waals surface area (Å²) in [6, 6.07) is 4.17. The van der Waals surface area contributed by atoms with Gasteiger partial charge >= 0.3 is 0 Å². The molecule has 1 aromatic carbocycles. The molecule has 0 N–H and O–H groups in total. The molecule has 0 aliphatic carbocycles. The van der Waals surface area contributed by atoms with Gasteiger partial charge in [-0.2, -0.15) is 0 Å². The first-order valence-corrected chi connectivity index (χ1v) is 5.34. The lowest BCUT2D eigenvalue weighted by Crippen LogP contribution is -2.08. The van der Waals surface area contributed by atoms with Gasteiger partial charge in [0.05, 0.1) is 12.0 Å². The highest BCUT2D eigenvalue weighted by atomic mass is 79.9. The average Bonchev–Trinajstić information content (AvgIpc) is 2.17. The van der Waals surface area contributed by atoms with Gasteiger partial charge in [0.15, 0.2) is 5.78 Å². The van der Waals surface area contributed by atoms with Crippen LogP contribution in [-0.4, -0.2) is 11.6 Å². The van der Waals surface area contributed by atoms with Crippen LogP contribution < -0.4 is 0 Å². The van der Waals surface area contributed by atoms with E-state index in [1.54, 1.807) is 13.0 Å². The molecular weight excluding hydrogens is 263 g/mol. The molecule has 0 radical (unpaired) electrons. The van der Waals surface area contributed by atoms with Crippen molar-refractivity contribution in [1.29, 1.82) is 0 Å². The van der Waals surface area contributed by atoms with E-state index in [4.69, 9.17) is 0 Å². The van der Waals surface area contributed by atoms with Crippen molar-refractivity contribution in [2.75, 3.05) is 0 Å². The summed E-state index contributed by atoms with van der Waals surface area (Å²) in [5, 5.41) is 0. The molecule has 0 fully saturated rings. The number of carbonyl (C=O) groups excluding carboxylic acids is 2. The Hall–Kier alpha value is -1.03. The van der Waals surface area contributed by atoms with E-state index in [0.717, 1.165) is 0 Å². The highest BCUT2D eigenvalue weighted by Gasteiger charge is 2.14. The minimum atomic E-state index is -0.599. The summed E-state index contributed by atoms with van der Waals surface area (Å²) in [5.74, 6) is -1.24. The van der Waals surface area contributed by atoms with Crippen LogP contribution in [0.3, 0.4) is 0 Å². The van der Waals surface area contributed by atoms with Crippen LogP contribution in [0.15, 0.2) is 22.7 Å². The van der Waals surface area contributed by atoms with Crippen LogP contribution in [0.5, 0.6) is 0 Å². The Bertz CT molecular complexity index is 402. The van der Waals surface area contributed by atoms with Gasteiger partial charge in [0.25, 0.3) is 0 Å². The van der Waals surface area contributed by atoms with Crippen LogP contribution in [0.1, 0.15) is 30.1 Å². The average molecular weight is 273 g/mol. The number of benzene rings is 1. The number of Topliss-reactive ketones (excluding diaryl/α,β-unsaturated/α-hetero) is 2. The van der Waals surface area contributed by atoms with Gasteiger partial charge in [-0.1, -0.05) is 22.9 Å². The summed E-state index contributed by atoms with van der Waals surface area (Å²) >= 11 is 3.09. The van der Waals surface area contributed by atoms with Gasteiger partial charge < -0.3 is 0 Å². The second kappa shape index (κ2) is 5.16. The van der Waals surface area contributed by atoms with Crippen molar-refractivity contribution in [1.82, 2.24) is 0 Å². The van der Waals surface area contributed by atoms with Crippen LogP contribution in [-0.2, 0) is 4.79 Å². The molecule has 0 bridgehead atoms. The standard InChI is InChI=1S/C11H10BrFO2/c1-2-8(14)6-11(15)9-4-3-7(12)5-10(9)13/h3-5H,2,6H2,1H3. The number of carbonyl (C=O) groups is 2. The van der Waals surface area contributed by atoms with Crippen LogP contribution in [0.2, 0.25) is 0 Å². The van der Waals surface area contributed by atoms with Crippen LogP contribution in [0.4, 0.5) is 4.39 Å². The number of ketones is 2. The Labute approximate surface area is 95.6 Å². The predicted molar refractivity (Wildman–Crippen MR) is 58.3 cm³/mol. The first-order valence-electron chi connectivity index (χ1n) is 4.54. The minimum absolute atomic E-state index is 0.0278. The normalized spacial score (nSPS) is 10.1. The van der Waals surface area contributed by atoms with E-state index in [1.165, 1.54) is 12.1 Å². The van der Waals surface area contributed by atoms with Crippen molar-refractivity contribution < 1.29 is 14.0 Å². The van der Waals surface area contributed by atoms with E-state index in [2.05, 4.69) is 15.9 Å². The number of hydrogen-bond donors (Lipinski definition) is 0. The van der Waals surface area contributed by atoms with E-state index in [1.807, 2.05) is 0 Å². The van der Waals surface area contributed by atoms with Gasteiger partial charge in [-0.05, 0) is 18.2 Å². The van der Waals surface area contributed by atoms with E-state index in [0.29, 0.717) is 10.9 Å². The van der Waals surface area contributed by atoms with Gasteiger partial charge in [-0.25, -0.2) is 4.39 Å². The Kier molecular flexibility index (Phi) is 4.15. The fourth-order valence-corrected chi connectivity index (χ4v) is 1.45. The molecule has 0 amide bonds. The summed E-state index contributed by atoms with van der Waals surface area (Å²) in [6.07, 6.45) is 0.0684. The summed E-state index contributed by atoms with van der Waals surface area (Å²) in [4.78, 5) is 22.5. The molecule has 0 spiro atoms. The summed E-state index contributed by atoms with van der Waals surface area (Å²) < 4.78 is 13.9. The molecule has 15 heavy (non-hydrogen) atoms. The summed E-state index contributed by atoms with van der Waals surface area (Å²) in [6.45, 7) is 1.67. The van der Waals surface area contributed by atoms with Crippen molar-refractivity contribution in [2.45, 2.75) is 19.8 Å². The highest BCUT2D eigenvalue weighted by Crippen LogP contribution is 2.16. The van der Waals surface area contributed by atoms with Gasteiger partial charge in [0.2, 0.25) is 0 Å². The van der Waals surface area contributed by atoms with Crippen LogP contribution >= 0.6 is 15.9 Å². The van der Waals surface area contributed by atoms with Crippen molar-refractivity contribution >= 4 is 27.5 Å². The molecule has 80 valence electrons. The molecule has 0 saturated carbocycles. The third kappa shape index (κ3) is 3.23. The zero-order chi connectivity index (χ0) is 11.4. The first kappa shape index (κ1) is 12.0. The van der Waals surface area contributed by atoms with E-state index >= 15 is 0 Å². The Morgan fingerprint density at radius 1 is 1.40 bits per heavy atom. The van der Waals surface area contributed by atoms with Gasteiger partial charge in [-0.15, -0.1) is 0 Å². The van der Waals surface area contributed by atoms with E-state index in [-0.39, 0.29) is 17.8 Å². The third-order valence-electron chi connectivity index (χ3n) is 1.98. The smallest absolute Gasteiger partial charge is 0.173 e. The molecule has 2 nitrogen and oxygen atoms in total. The summed E-state index contributed by atoms with van der Waals surface area (Å²) in [5.41, 5.74) is -0.0278. The second-order valence-corrected chi connectivity index (χ2v) is 4.03. The molecule has 1 rings (SSSR count). The molecule has 1 aromatic rings. The molecule has 0 aliphatic heterocycles. The third-order valence-corrected chi connectivity index (χ3v) is 2.48. The first-order chi connectivity index (χ1) is 7.04. The van der Waals surface area contributed by atoms with Crippen LogP contribution in [0.25, 0.3) is 0 Å². The molecule has 0 aromatic heterocycles. The van der Waals surface area contributed by atoms with Gasteiger partial charge in [0, 0.05) is 10.9 Å². The molecule has 0 aliphatic rings. The Morgan fingerprint density at radius 2 is 2.07 bits per heavy atom. The lowest BCUT2D eigenvalue weighted by atomic mass is 10.0. The van der Waals surface area contributed by atoms with Crippen molar-refractivity contribution in [3.63, 3.8) is 0 Å².